The van der Waals surface area contributed by atoms with Crippen molar-refractivity contribution in [3.8, 4) is 11.5 Å². The van der Waals surface area contributed by atoms with Gasteiger partial charge in [0.05, 0.1) is 12.5 Å². The molecule has 0 aliphatic carbocycles. The first kappa shape index (κ1) is 22.7. The maximum atomic E-state index is 13.3. The summed E-state index contributed by atoms with van der Waals surface area (Å²) in [6.07, 6.45) is -0.986. The van der Waals surface area contributed by atoms with Gasteiger partial charge in [-0.25, -0.2) is 14.4 Å². The number of amides is 1. The number of ether oxygens (including phenoxy) is 1. The molecule has 156 valence electrons. The van der Waals surface area contributed by atoms with Gasteiger partial charge >= 0.3 is 13.8 Å². The van der Waals surface area contributed by atoms with Gasteiger partial charge < -0.3 is 13.8 Å². The monoisotopic (exact) mass is 517 g/mol. The van der Waals surface area contributed by atoms with Gasteiger partial charge in [-0.15, -0.1) is 0 Å². The number of carbonyl (C=O) groups is 1. The third-order valence-electron chi connectivity index (χ3n) is 3.83. The van der Waals surface area contributed by atoms with Gasteiger partial charge in [0.2, 0.25) is 3.79 Å². The minimum absolute atomic E-state index is 0.0384. The van der Waals surface area contributed by atoms with Crippen molar-refractivity contribution in [1.82, 2.24) is 5.09 Å². The zero-order chi connectivity index (χ0) is 21.4. The lowest BCUT2D eigenvalue weighted by Gasteiger charge is -2.32. The van der Waals surface area contributed by atoms with E-state index in [9.17, 15) is 9.36 Å². The summed E-state index contributed by atoms with van der Waals surface area (Å²) in [6, 6.07) is 8.86. The van der Waals surface area contributed by atoms with E-state index in [1.165, 1.54) is 36.4 Å². The first-order chi connectivity index (χ1) is 13.5. The Kier molecular flexibility index (Phi) is 6.74. The molecule has 0 saturated heterocycles. The number of nitrogens with one attached hydrogen (secondary N) is 1. The molecule has 0 saturated carbocycles. The summed E-state index contributed by atoms with van der Waals surface area (Å²) < 4.78 is 27.4. The van der Waals surface area contributed by atoms with Crippen LogP contribution >= 0.6 is 65.8 Å². The highest BCUT2D eigenvalue weighted by molar-refractivity contribution is 7.53. The predicted molar refractivity (Wildman–Crippen MR) is 114 cm³/mol. The molecule has 0 unspecified atom stereocenters. The van der Waals surface area contributed by atoms with Crippen LogP contribution < -0.4 is 14.1 Å². The summed E-state index contributed by atoms with van der Waals surface area (Å²) in [6.45, 7) is 1.65. The standard InChI is InChI=1S/C17H13Cl5NO5P/c1-2-26-16(24)23-29(25)27-13-5-3-9(18)7-11(13)15(17(20,21)22)12-8-10(19)4-6-14(12)28-29/h3-8,15H,2H2,1H3,(H,23,24,25). The first-order valence-electron chi connectivity index (χ1n) is 8.12. The SMILES string of the molecule is CCOC(=O)NP1(=O)Oc2ccc(Cl)cc2C(C(Cl)(Cl)Cl)c2cc(Cl)ccc2O1. The van der Waals surface area contributed by atoms with Crippen LogP contribution in [0.1, 0.15) is 24.0 Å². The maximum Gasteiger partial charge on any atom is 0.546 e. The number of hydrogen-bond acceptors (Lipinski definition) is 5. The predicted octanol–water partition coefficient (Wildman–Crippen LogP) is 7.12. The van der Waals surface area contributed by atoms with Crippen molar-refractivity contribution in [3.63, 3.8) is 0 Å². The van der Waals surface area contributed by atoms with E-state index in [0.29, 0.717) is 21.2 Å². The number of hydrogen-bond donors (Lipinski definition) is 1. The van der Waals surface area contributed by atoms with E-state index in [0.717, 1.165) is 0 Å². The largest absolute Gasteiger partial charge is 0.546 e. The Labute approximate surface area is 191 Å². The molecule has 0 bridgehead atoms. The second kappa shape index (κ2) is 8.62. The Bertz CT molecular complexity index is 937. The molecule has 1 N–H and O–H groups in total. The molecule has 0 fully saturated rings. The van der Waals surface area contributed by atoms with E-state index < -0.39 is 23.6 Å². The molecule has 12 heteroatoms. The third kappa shape index (κ3) is 5.19. The molecule has 0 aromatic heterocycles. The molecule has 0 atom stereocenters. The third-order valence-corrected chi connectivity index (χ3v) is 6.29. The topological polar surface area (TPSA) is 73.9 Å². The molecule has 0 radical (unpaired) electrons. The maximum absolute atomic E-state index is 13.3. The zero-order valence-corrected chi connectivity index (χ0v) is 19.3. The van der Waals surface area contributed by atoms with Gasteiger partial charge in [-0.05, 0) is 43.3 Å². The van der Waals surface area contributed by atoms with Gasteiger partial charge in [0, 0.05) is 21.2 Å². The second-order valence-electron chi connectivity index (χ2n) is 5.85. The average molecular weight is 520 g/mol. The van der Waals surface area contributed by atoms with Gasteiger partial charge in [-0.3, -0.25) is 0 Å². The molecule has 3 rings (SSSR count). The molecular weight excluding hydrogens is 506 g/mol. The molecule has 1 aliphatic heterocycles. The van der Waals surface area contributed by atoms with Crippen LogP contribution in [-0.2, 0) is 9.30 Å². The number of carbonyl (C=O) groups excluding carboxylic acids is 1. The number of fused-ring (bicyclic) bond motifs is 2. The van der Waals surface area contributed by atoms with Crippen molar-refractivity contribution >= 4 is 71.8 Å². The molecule has 1 aliphatic rings. The van der Waals surface area contributed by atoms with Crippen LogP contribution in [-0.4, -0.2) is 16.5 Å². The summed E-state index contributed by atoms with van der Waals surface area (Å²) in [4.78, 5) is 11.9. The number of halogens is 5. The minimum atomic E-state index is -4.28. The molecule has 1 heterocycles. The van der Waals surface area contributed by atoms with Crippen LogP contribution in [0.5, 0.6) is 11.5 Å². The molecule has 2 aromatic rings. The Morgan fingerprint density at radius 2 is 1.55 bits per heavy atom. The van der Waals surface area contributed by atoms with Crippen molar-refractivity contribution in [1.29, 1.82) is 0 Å². The smallest absolute Gasteiger partial charge is 0.449 e. The fraction of sp³-hybridized carbons (Fsp3) is 0.235. The Morgan fingerprint density at radius 1 is 1.07 bits per heavy atom. The molecule has 6 nitrogen and oxygen atoms in total. The fourth-order valence-corrected chi connectivity index (χ4v) is 5.11. The van der Waals surface area contributed by atoms with Crippen LogP contribution in [0.25, 0.3) is 0 Å². The Morgan fingerprint density at radius 3 is 1.97 bits per heavy atom. The summed E-state index contributed by atoms with van der Waals surface area (Å²) in [5.74, 6) is -0.862. The number of alkyl halides is 3. The molecule has 29 heavy (non-hydrogen) atoms. The fourth-order valence-electron chi connectivity index (χ4n) is 2.77. The van der Waals surface area contributed by atoms with E-state index in [4.69, 9.17) is 71.8 Å². The van der Waals surface area contributed by atoms with Gasteiger partial charge in [-0.2, -0.15) is 0 Å². The molecule has 2 aromatic carbocycles. The van der Waals surface area contributed by atoms with Gasteiger partial charge in [0.15, 0.2) is 0 Å². The van der Waals surface area contributed by atoms with Crippen LogP contribution in [0.4, 0.5) is 4.79 Å². The van der Waals surface area contributed by atoms with Crippen molar-refractivity contribution in [3.05, 3.63) is 57.6 Å². The molecule has 1 amide bonds. The van der Waals surface area contributed by atoms with Crippen LogP contribution in [0.15, 0.2) is 36.4 Å². The summed E-state index contributed by atoms with van der Waals surface area (Å²) in [7, 11) is -4.28. The van der Waals surface area contributed by atoms with Crippen molar-refractivity contribution in [2.45, 2.75) is 16.6 Å². The quantitative estimate of drug-likeness (QED) is 0.338. The zero-order valence-electron chi connectivity index (χ0n) is 14.6. The normalized spacial score (nSPS) is 20.8. The average Bonchev–Trinajstić information content (AvgIpc) is 2.57. The highest BCUT2D eigenvalue weighted by atomic mass is 35.6. The van der Waals surface area contributed by atoms with E-state index >= 15 is 0 Å². The minimum Gasteiger partial charge on any atom is -0.449 e. The van der Waals surface area contributed by atoms with E-state index in [2.05, 4.69) is 5.09 Å². The van der Waals surface area contributed by atoms with E-state index in [1.54, 1.807) is 6.92 Å². The lowest BCUT2D eigenvalue weighted by molar-refractivity contribution is 0.156. The van der Waals surface area contributed by atoms with Gasteiger partial charge in [0.25, 0.3) is 0 Å². The molecular formula is C17H13Cl5NO5P. The second-order valence-corrected chi connectivity index (χ2v) is 10.7. The van der Waals surface area contributed by atoms with Crippen LogP contribution in [0.3, 0.4) is 0 Å². The highest BCUT2D eigenvalue weighted by Gasteiger charge is 2.44. The molecule has 0 spiro atoms. The first-order valence-corrected chi connectivity index (χ1v) is 11.6. The summed E-state index contributed by atoms with van der Waals surface area (Å²) in [5.41, 5.74) is 0.630. The Hall–Kier alpha value is -1.01. The van der Waals surface area contributed by atoms with E-state index in [-0.39, 0.29) is 18.1 Å². The van der Waals surface area contributed by atoms with Crippen molar-refractivity contribution in [2.75, 3.05) is 6.61 Å². The van der Waals surface area contributed by atoms with Gasteiger partial charge in [-0.1, -0.05) is 58.0 Å². The Balaban J connectivity index is 2.24. The lowest BCUT2D eigenvalue weighted by atomic mass is 9.91. The van der Waals surface area contributed by atoms with Crippen molar-refractivity contribution in [2.24, 2.45) is 0 Å². The summed E-state index contributed by atoms with van der Waals surface area (Å²) in [5, 5.41) is 2.76. The van der Waals surface area contributed by atoms with Crippen LogP contribution in [0.2, 0.25) is 10.0 Å². The summed E-state index contributed by atoms with van der Waals surface area (Å²) >= 11 is 31.1. The van der Waals surface area contributed by atoms with E-state index in [1.807, 2.05) is 0 Å². The number of rotatable bonds is 2. The highest BCUT2D eigenvalue weighted by Crippen LogP contribution is 2.57. The van der Waals surface area contributed by atoms with Gasteiger partial charge in [0.1, 0.15) is 11.5 Å². The number of benzene rings is 2. The lowest BCUT2D eigenvalue weighted by Crippen LogP contribution is -2.29. The van der Waals surface area contributed by atoms with Crippen molar-refractivity contribution < 1.29 is 23.1 Å². The van der Waals surface area contributed by atoms with Crippen LogP contribution in [0, 0.1) is 0 Å².